The van der Waals surface area contributed by atoms with E-state index in [2.05, 4.69) is 19.2 Å². The van der Waals surface area contributed by atoms with Crippen molar-refractivity contribution in [3.63, 3.8) is 0 Å². The van der Waals surface area contributed by atoms with Crippen LogP contribution in [0.25, 0.3) is 0 Å². The van der Waals surface area contributed by atoms with Crippen molar-refractivity contribution in [1.29, 1.82) is 0 Å². The van der Waals surface area contributed by atoms with Crippen LogP contribution in [-0.2, 0) is 9.59 Å². The summed E-state index contributed by atoms with van der Waals surface area (Å²) in [5.41, 5.74) is 0. The van der Waals surface area contributed by atoms with E-state index in [1.807, 2.05) is 4.90 Å². The van der Waals surface area contributed by atoms with Crippen molar-refractivity contribution in [2.45, 2.75) is 52.0 Å². The Morgan fingerprint density at radius 1 is 1.19 bits per heavy atom. The molecule has 1 aliphatic carbocycles. The Labute approximate surface area is 127 Å². The lowest BCUT2D eigenvalue weighted by Crippen LogP contribution is -2.49. The largest absolute Gasteiger partial charge is 0.481 e. The third-order valence-corrected chi connectivity index (χ3v) is 5.28. The average Bonchev–Trinajstić information content (AvgIpc) is 2.44. The molecule has 0 spiro atoms. The van der Waals surface area contributed by atoms with Gasteiger partial charge in [-0.25, -0.2) is 0 Å². The molecule has 0 aromatic carbocycles. The second kappa shape index (κ2) is 7.25. The van der Waals surface area contributed by atoms with Gasteiger partial charge in [-0.3, -0.25) is 14.5 Å². The van der Waals surface area contributed by atoms with Crippen molar-refractivity contribution < 1.29 is 14.7 Å². The Kier molecular flexibility index (Phi) is 5.62. The third kappa shape index (κ3) is 4.43. The molecule has 1 aliphatic heterocycles. The van der Waals surface area contributed by atoms with Crippen LogP contribution in [0.3, 0.4) is 0 Å². The fraction of sp³-hybridized carbons (Fsp3) is 0.875. The Morgan fingerprint density at radius 2 is 1.95 bits per heavy atom. The van der Waals surface area contributed by atoms with Crippen LogP contribution in [0.1, 0.15) is 46.0 Å². The van der Waals surface area contributed by atoms with Crippen LogP contribution in [0, 0.1) is 17.8 Å². The van der Waals surface area contributed by atoms with Gasteiger partial charge < -0.3 is 10.4 Å². The zero-order valence-electron chi connectivity index (χ0n) is 13.2. The minimum absolute atomic E-state index is 0.0481. The SMILES string of the molecule is CC1CCCC(NC(=O)CN2CCCC(C(=O)O)C2)C1C. The first-order chi connectivity index (χ1) is 9.97. The van der Waals surface area contributed by atoms with E-state index in [-0.39, 0.29) is 17.9 Å². The van der Waals surface area contributed by atoms with E-state index in [0.717, 1.165) is 25.8 Å². The van der Waals surface area contributed by atoms with Gasteiger partial charge in [-0.15, -0.1) is 0 Å². The number of nitrogens with zero attached hydrogens (tertiary/aromatic N) is 1. The van der Waals surface area contributed by atoms with Crippen LogP contribution in [0.2, 0.25) is 0 Å². The summed E-state index contributed by atoms with van der Waals surface area (Å²) in [4.78, 5) is 25.2. The Morgan fingerprint density at radius 3 is 2.67 bits per heavy atom. The van der Waals surface area contributed by atoms with Gasteiger partial charge in [0, 0.05) is 12.6 Å². The van der Waals surface area contributed by atoms with Gasteiger partial charge in [0.05, 0.1) is 12.5 Å². The molecule has 1 saturated heterocycles. The number of aliphatic carboxylic acids is 1. The first-order valence-corrected chi connectivity index (χ1v) is 8.22. The summed E-state index contributed by atoms with van der Waals surface area (Å²) in [6, 6.07) is 0.279. The molecule has 1 saturated carbocycles. The van der Waals surface area contributed by atoms with E-state index in [9.17, 15) is 9.59 Å². The maximum absolute atomic E-state index is 12.2. The molecule has 0 radical (unpaired) electrons. The molecule has 0 bridgehead atoms. The number of carbonyl (C=O) groups is 2. The van der Waals surface area contributed by atoms with Gasteiger partial charge >= 0.3 is 5.97 Å². The summed E-state index contributed by atoms with van der Waals surface area (Å²) in [6.45, 7) is 6.13. The number of hydrogen-bond donors (Lipinski definition) is 2. The zero-order chi connectivity index (χ0) is 15.4. The molecule has 2 aliphatic rings. The quantitative estimate of drug-likeness (QED) is 0.829. The van der Waals surface area contributed by atoms with Crippen LogP contribution in [0.15, 0.2) is 0 Å². The van der Waals surface area contributed by atoms with Crippen molar-refractivity contribution in [1.82, 2.24) is 10.2 Å². The topological polar surface area (TPSA) is 69.6 Å². The van der Waals surface area contributed by atoms with Crippen molar-refractivity contribution >= 4 is 11.9 Å². The van der Waals surface area contributed by atoms with Crippen LogP contribution in [0.5, 0.6) is 0 Å². The van der Waals surface area contributed by atoms with Crippen molar-refractivity contribution in [3.8, 4) is 0 Å². The number of likely N-dealkylation sites (tertiary alicyclic amines) is 1. The molecule has 2 rings (SSSR count). The normalized spacial score (nSPS) is 34.4. The molecule has 0 aromatic rings. The Bertz CT molecular complexity index is 386. The number of carboxylic acids is 1. The standard InChI is InChI=1S/C16H28N2O3/c1-11-5-3-7-14(12(11)2)17-15(19)10-18-8-4-6-13(9-18)16(20)21/h11-14H,3-10H2,1-2H3,(H,17,19)(H,20,21). The molecule has 2 fully saturated rings. The highest BCUT2D eigenvalue weighted by Gasteiger charge is 2.30. The predicted octanol–water partition coefficient (Wildman–Crippen LogP) is 1.72. The average molecular weight is 296 g/mol. The van der Waals surface area contributed by atoms with Crippen LogP contribution < -0.4 is 5.32 Å². The van der Waals surface area contributed by atoms with Gasteiger partial charge in [0.25, 0.3) is 0 Å². The summed E-state index contributed by atoms with van der Waals surface area (Å²) in [7, 11) is 0. The van der Waals surface area contributed by atoms with Gasteiger partial charge in [0.15, 0.2) is 0 Å². The molecule has 1 heterocycles. The van der Waals surface area contributed by atoms with E-state index >= 15 is 0 Å². The van der Waals surface area contributed by atoms with Crippen LogP contribution in [0.4, 0.5) is 0 Å². The molecule has 120 valence electrons. The van der Waals surface area contributed by atoms with Crippen molar-refractivity contribution in [3.05, 3.63) is 0 Å². The van der Waals surface area contributed by atoms with E-state index in [1.165, 1.54) is 12.8 Å². The number of carboxylic acid groups (broad SMARTS) is 1. The first kappa shape index (κ1) is 16.3. The van der Waals surface area contributed by atoms with E-state index < -0.39 is 5.97 Å². The molecular weight excluding hydrogens is 268 g/mol. The number of amides is 1. The highest BCUT2D eigenvalue weighted by atomic mass is 16.4. The van der Waals surface area contributed by atoms with E-state index in [4.69, 9.17) is 5.11 Å². The van der Waals surface area contributed by atoms with E-state index in [1.54, 1.807) is 0 Å². The Balaban J connectivity index is 1.80. The lowest BCUT2D eigenvalue weighted by atomic mass is 9.78. The molecule has 2 N–H and O–H groups in total. The van der Waals surface area contributed by atoms with Gasteiger partial charge in [-0.2, -0.15) is 0 Å². The molecule has 0 aromatic heterocycles. The van der Waals surface area contributed by atoms with Gasteiger partial charge in [0.2, 0.25) is 5.91 Å². The summed E-state index contributed by atoms with van der Waals surface area (Å²) >= 11 is 0. The second-order valence-corrected chi connectivity index (χ2v) is 6.85. The molecular formula is C16H28N2O3. The summed E-state index contributed by atoms with van der Waals surface area (Å²) < 4.78 is 0. The predicted molar refractivity (Wildman–Crippen MR) is 80.9 cm³/mol. The number of piperidine rings is 1. The fourth-order valence-electron chi connectivity index (χ4n) is 3.64. The molecule has 4 atom stereocenters. The number of nitrogens with one attached hydrogen (secondary N) is 1. The third-order valence-electron chi connectivity index (χ3n) is 5.28. The highest BCUT2D eigenvalue weighted by Crippen LogP contribution is 2.29. The van der Waals surface area contributed by atoms with Gasteiger partial charge in [-0.05, 0) is 37.6 Å². The summed E-state index contributed by atoms with van der Waals surface area (Å²) in [6.07, 6.45) is 5.09. The number of carbonyl (C=O) groups excluding carboxylic acids is 1. The van der Waals surface area contributed by atoms with Gasteiger partial charge in [0.1, 0.15) is 0 Å². The maximum atomic E-state index is 12.2. The molecule has 4 unspecified atom stereocenters. The lowest BCUT2D eigenvalue weighted by molar-refractivity contribution is -0.144. The molecule has 5 heteroatoms. The molecule has 1 amide bonds. The fourth-order valence-corrected chi connectivity index (χ4v) is 3.64. The first-order valence-electron chi connectivity index (χ1n) is 8.22. The smallest absolute Gasteiger partial charge is 0.307 e. The molecule has 5 nitrogen and oxygen atoms in total. The number of rotatable bonds is 4. The second-order valence-electron chi connectivity index (χ2n) is 6.85. The highest BCUT2D eigenvalue weighted by molar-refractivity contribution is 5.78. The summed E-state index contributed by atoms with van der Waals surface area (Å²) in [5, 5.41) is 12.3. The summed E-state index contributed by atoms with van der Waals surface area (Å²) in [5.74, 6) is 0.174. The molecule has 21 heavy (non-hydrogen) atoms. The maximum Gasteiger partial charge on any atom is 0.307 e. The van der Waals surface area contributed by atoms with Crippen molar-refractivity contribution in [2.75, 3.05) is 19.6 Å². The van der Waals surface area contributed by atoms with E-state index in [0.29, 0.717) is 24.9 Å². The van der Waals surface area contributed by atoms with Crippen LogP contribution >= 0.6 is 0 Å². The van der Waals surface area contributed by atoms with Crippen molar-refractivity contribution in [2.24, 2.45) is 17.8 Å². The zero-order valence-corrected chi connectivity index (χ0v) is 13.2. The minimum atomic E-state index is -0.741. The monoisotopic (exact) mass is 296 g/mol. The lowest BCUT2D eigenvalue weighted by Gasteiger charge is -2.35. The number of hydrogen-bond acceptors (Lipinski definition) is 3. The van der Waals surface area contributed by atoms with Gasteiger partial charge in [-0.1, -0.05) is 26.7 Å². The Hall–Kier alpha value is -1.10. The minimum Gasteiger partial charge on any atom is -0.481 e. The van der Waals surface area contributed by atoms with Crippen LogP contribution in [-0.4, -0.2) is 47.6 Å².